The SMILES string of the molecule is O=S(Oc1c(F)c(F)c(F)c(F)c1F)c1ccc2c(c1)OCCC2c1ccc(C(F)(F)F)cc1Br. The molecule has 0 aromatic heterocycles. The fraction of sp³-hybridized carbons (Fsp3) is 0.182. The van der Waals surface area contributed by atoms with Crippen molar-refractivity contribution in [2.24, 2.45) is 0 Å². The molecule has 0 saturated heterocycles. The lowest BCUT2D eigenvalue weighted by atomic mass is 9.86. The Hall–Kier alpha value is -2.67. The molecule has 0 spiro atoms. The largest absolute Gasteiger partial charge is 0.493 e. The molecule has 0 fully saturated rings. The van der Waals surface area contributed by atoms with Gasteiger partial charge < -0.3 is 8.92 Å². The maximum absolute atomic E-state index is 13.9. The highest BCUT2D eigenvalue weighted by atomic mass is 79.9. The molecule has 35 heavy (non-hydrogen) atoms. The van der Waals surface area contributed by atoms with Crippen molar-refractivity contribution >= 4 is 27.0 Å². The Morgan fingerprint density at radius 1 is 0.886 bits per heavy atom. The van der Waals surface area contributed by atoms with Crippen LogP contribution in [-0.4, -0.2) is 10.8 Å². The second kappa shape index (κ2) is 9.41. The van der Waals surface area contributed by atoms with Crippen molar-refractivity contribution in [2.75, 3.05) is 6.61 Å². The minimum atomic E-state index is -4.52. The molecule has 0 bridgehead atoms. The molecule has 1 heterocycles. The predicted molar refractivity (Wildman–Crippen MR) is 111 cm³/mol. The second-order valence-corrected chi connectivity index (χ2v) is 9.30. The van der Waals surface area contributed by atoms with Crippen LogP contribution in [-0.2, 0) is 17.3 Å². The van der Waals surface area contributed by atoms with E-state index in [4.69, 9.17) is 4.74 Å². The Bertz CT molecular complexity index is 1320. The quantitative estimate of drug-likeness (QED) is 0.184. The maximum atomic E-state index is 13.9. The lowest BCUT2D eigenvalue weighted by Crippen LogP contribution is -2.17. The molecule has 0 radical (unpaired) electrons. The van der Waals surface area contributed by atoms with Gasteiger partial charge in [0, 0.05) is 22.0 Å². The van der Waals surface area contributed by atoms with Gasteiger partial charge in [-0.3, -0.25) is 0 Å². The molecule has 0 saturated carbocycles. The summed E-state index contributed by atoms with van der Waals surface area (Å²) in [5.41, 5.74) is 0.221. The van der Waals surface area contributed by atoms with Gasteiger partial charge in [0.2, 0.25) is 45.9 Å². The molecule has 1 aliphatic rings. The number of rotatable bonds is 4. The molecular formula is C22H11BrF8O3S. The zero-order valence-corrected chi connectivity index (χ0v) is 19.4. The molecule has 1 aliphatic heterocycles. The summed E-state index contributed by atoms with van der Waals surface area (Å²) in [5, 5.41) is 0. The summed E-state index contributed by atoms with van der Waals surface area (Å²) < 4.78 is 129. The molecule has 2 atom stereocenters. The van der Waals surface area contributed by atoms with Gasteiger partial charge in [-0.1, -0.05) is 28.1 Å². The molecule has 0 aliphatic carbocycles. The average molecular weight is 587 g/mol. The Morgan fingerprint density at radius 2 is 1.49 bits per heavy atom. The van der Waals surface area contributed by atoms with Crippen molar-refractivity contribution < 1.29 is 48.3 Å². The standard InChI is InChI=1S/C22H11BrF8O3S/c23-14-7-9(22(29,30)31)1-3-12(14)11-5-6-33-15-8-10(2-4-13(11)15)35(32)34-21-19(27)17(25)16(24)18(26)20(21)28/h1-4,7-8,11H,5-6H2. The molecule has 3 nitrogen and oxygen atoms in total. The van der Waals surface area contributed by atoms with Crippen LogP contribution in [0.15, 0.2) is 45.8 Å². The van der Waals surface area contributed by atoms with Crippen molar-refractivity contribution in [1.82, 2.24) is 0 Å². The third kappa shape index (κ3) is 4.75. The molecule has 2 unspecified atom stereocenters. The van der Waals surface area contributed by atoms with Crippen molar-refractivity contribution in [1.29, 1.82) is 0 Å². The summed E-state index contributed by atoms with van der Waals surface area (Å²) in [4.78, 5) is -0.208. The van der Waals surface area contributed by atoms with E-state index < -0.39 is 63.6 Å². The number of ether oxygens (including phenoxy) is 1. The number of halogens is 9. The fourth-order valence-corrected chi connectivity index (χ4v) is 5.00. The first kappa shape index (κ1) is 25.4. The molecule has 186 valence electrons. The lowest BCUT2D eigenvalue weighted by molar-refractivity contribution is -0.137. The van der Waals surface area contributed by atoms with Gasteiger partial charge in [-0.25, -0.2) is 17.4 Å². The van der Waals surface area contributed by atoms with E-state index >= 15 is 0 Å². The monoisotopic (exact) mass is 586 g/mol. The summed E-state index contributed by atoms with van der Waals surface area (Å²) in [6.45, 7) is 0.139. The minimum absolute atomic E-state index is 0.139. The molecule has 0 N–H and O–H groups in total. The van der Waals surface area contributed by atoms with E-state index in [2.05, 4.69) is 20.1 Å². The number of fused-ring (bicyclic) bond motifs is 1. The fourth-order valence-electron chi connectivity index (χ4n) is 3.56. The first-order valence-corrected chi connectivity index (χ1v) is 11.5. The van der Waals surface area contributed by atoms with E-state index in [-0.39, 0.29) is 21.7 Å². The van der Waals surface area contributed by atoms with Crippen LogP contribution in [0, 0.1) is 29.1 Å². The lowest BCUT2D eigenvalue weighted by Gasteiger charge is -2.27. The van der Waals surface area contributed by atoms with Crippen LogP contribution in [0.25, 0.3) is 0 Å². The molecule has 0 amide bonds. The summed E-state index contributed by atoms with van der Waals surface area (Å²) in [6, 6.07) is 7.06. The van der Waals surface area contributed by atoms with Crippen molar-refractivity contribution in [3.8, 4) is 11.5 Å². The Kier molecular flexibility index (Phi) is 6.84. The van der Waals surface area contributed by atoms with E-state index in [0.717, 1.165) is 12.1 Å². The third-order valence-electron chi connectivity index (χ3n) is 5.25. The first-order valence-electron chi connectivity index (χ1n) is 9.65. The topological polar surface area (TPSA) is 35.5 Å². The molecular weight excluding hydrogens is 576 g/mol. The van der Waals surface area contributed by atoms with E-state index in [0.29, 0.717) is 17.5 Å². The van der Waals surface area contributed by atoms with Crippen LogP contribution in [0.5, 0.6) is 11.5 Å². The zero-order chi connectivity index (χ0) is 25.7. The third-order valence-corrected chi connectivity index (χ3v) is 6.89. The number of alkyl halides is 3. The summed E-state index contributed by atoms with van der Waals surface area (Å²) in [7, 11) is 0. The van der Waals surface area contributed by atoms with Gasteiger partial charge in [-0.15, -0.1) is 0 Å². The zero-order valence-electron chi connectivity index (χ0n) is 17.0. The van der Waals surface area contributed by atoms with Gasteiger partial charge in [-0.2, -0.15) is 22.0 Å². The first-order chi connectivity index (χ1) is 16.4. The number of hydrogen-bond donors (Lipinski definition) is 0. The smallest absolute Gasteiger partial charge is 0.416 e. The van der Waals surface area contributed by atoms with Crippen LogP contribution in [0.1, 0.15) is 29.0 Å². The normalized spacial score (nSPS) is 16.4. The summed E-state index contributed by atoms with van der Waals surface area (Å²) in [6.07, 6.45) is -4.12. The van der Waals surface area contributed by atoms with Gasteiger partial charge in [0.1, 0.15) is 5.75 Å². The highest BCUT2D eigenvalue weighted by Crippen LogP contribution is 2.43. The van der Waals surface area contributed by atoms with Crippen LogP contribution in [0.2, 0.25) is 0 Å². The number of hydrogen-bond acceptors (Lipinski definition) is 3. The molecule has 13 heteroatoms. The summed E-state index contributed by atoms with van der Waals surface area (Å²) in [5.74, 6) is -13.4. The van der Waals surface area contributed by atoms with Crippen LogP contribution >= 0.6 is 15.9 Å². The van der Waals surface area contributed by atoms with E-state index in [9.17, 15) is 39.3 Å². The highest BCUT2D eigenvalue weighted by Gasteiger charge is 2.33. The van der Waals surface area contributed by atoms with Crippen molar-refractivity contribution in [3.63, 3.8) is 0 Å². The molecule has 3 aromatic carbocycles. The van der Waals surface area contributed by atoms with Crippen molar-refractivity contribution in [3.05, 3.63) is 86.6 Å². The minimum Gasteiger partial charge on any atom is -0.493 e. The van der Waals surface area contributed by atoms with E-state index in [1.807, 2.05) is 0 Å². The van der Waals surface area contributed by atoms with Gasteiger partial charge in [-0.05, 0) is 30.2 Å². The average Bonchev–Trinajstić information content (AvgIpc) is 2.82. The Balaban J connectivity index is 1.65. The summed E-state index contributed by atoms with van der Waals surface area (Å²) >= 11 is 0.464. The molecule has 4 rings (SSSR count). The van der Waals surface area contributed by atoms with E-state index in [1.54, 1.807) is 0 Å². The van der Waals surface area contributed by atoms with Crippen molar-refractivity contribution in [2.45, 2.75) is 23.4 Å². The van der Waals surface area contributed by atoms with Crippen LogP contribution in [0.3, 0.4) is 0 Å². The van der Waals surface area contributed by atoms with Gasteiger partial charge in [0.05, 0.1) is 17.1 Å². The maximum Gasteiger partial charge on any atom is 0.416 e. The molecule has 3 aromatic rings. The predicted octanol–water partition coefficient (Wildman–Crippen LogP) is 7.18. The second-order valence-electron chi connectivity index (χ2n) is 7.34. The van der Waals surface area contributed by atoms with Gasteiger partial charge >= 0.3 is 6.18 Å². The van der Waals surface area contributed by atoms with Crippen LogP contribution in [0.4, 0.5) is 35.1 Å². The number of benzene rings is 3. The highest BCUT2D eigenvalue weighted by molar-refractivity contribution is 9.10. The Morgan fingerprint density at radius 3 is 2.09 bits per heavy atom. The Labute approximate surface area is 203 Å². The van der Waals surface area contributed by atoms with Gasteiger partial charge in [0.15, 0.2) is 0 Å². The van der Waals surface area contributed by atoms with Gasteiger partial charge in [0.25, 0.3) is 0 Å². The van der Waals surface area contributed by atoms with E-state index in [1.165, 1.54) is 24.3 Å². The van der Waals surface area contributed by atoms with Crippen LogP contribution < -0.4 is 8.92 Å².